The maximum Gasteiger partial charge on any atom is 0.252 e. The Labute approximate surface area is 220 Å². The van der Waals surface area contributed by atoms with Crippen molar-refractivity contribution in [3.8, 4) is 28.2 Å². The van der Waals surface area contributed by atoms with Crippen molar-refractivity contribution in [2.24, 2.45) is 17.6 Å². The monoisotopic (exact) mass is 506 g/mol. The molecule has 0 spiro atoms. The second-order valence-corrected chi connectivity index (χ2v) is 10.4. The minimum atomic E-state index is -0.719. The molecule has 2 aromatic heterocycles. The zero-order valence-corrected chi connectivity index (χ0v) is 21.2. The minimum Gasteiger partial charge on any atom is -0.365 e. The first kappa shape index (κ1) is 24.0. The first-order valence-electron chi connectivity index (χ1n) is 12.7. The van der Waals surface area contributed by atoms with Crippen molar-refractivity contribution in [1.29, 1.82) is 0 Å². The number of nitrogens with zero attached hydrogens (tertiary/aromatic N) is 3. The van der Waals surface area contributed by atoms with Crippen LogP contribution in [0.5, 0.6) is 0 Å². The van der Waals surface area contributed by atoms with Crippen LogP contribution in [0.4, 0.5) is 4.39 Å². The number of hydrogen-bond acceptors (Lipinski definition) is 4. The summed E-state index contributed by atoms with van der Waals surface area (Å²) in [6.45, 7) is 3.90. The molecule has 0 saturated heterocycles. The fourth-order valence-electron chi connectivity index (χ4n) is 6.29. The molecule has 3 atom stereocenters. The fraction of sp³-hybridized carbons (Fsp3) is 0.226. The van der Waals surface area contributed by atoms with E-state index in [1.165, 1.54) is 12.1 Å². The van der Waals surface area contributed by atoms with Crippen LogP contribution in [0.2, 0.25) is 0 Å². The summed E-state index contributed by atoms with van der Waals surface area (Å²) >= 11 is 0. The number of allylic oxidation sites excluding steroid dienone is 1. The normalized spacial score (nSPS) is 22.4. The molecule has 2 heterocycles. The number of primary amides is 1. The molecular formula is C31H27FN4O2. The first-order chi connectivity index (χ1) is 18.3. The summed E-state index contributed by atoms with van der Waals surface area (Å²) in [5, 5.41) is 0. The Morgan fingerprint density at radius 1 is 1.05 bits per heavy atom. The lowest BCUT2D eigenvalue weighted by Gasteiger charge is -2.44. The number of pyridine rings is 1. The lowest BCUT2D eigenvalue weighted by molar-refractivity contribution is -0.125. The molecule has 0 fully saturated rings. The molecule has 6 rings (SSSR count). The Hall–Kier alpha value is -4.39. The van der Waals surface area contributed by atoms with Crippen molar-refractivity contribution < 1.29 is 14.0 Å². The second kappa shape index (κ2) is 8.87. The van der Waals surface area contributed by atoms with Gasteiger partial charge in [0, 0.05) is 35.0 Å². The number of ketones is 1. The molecule has 2 N–H and O–H groups in total. The van der Waals surface area contributed by atoms with Gasteiger partial charge in [-0.3, -0.25) is 19.1 Å². The van der Waals surface area contributed by atoms with Crippen LogP contribution in [-0.4, -0.2) is 26.2 Å². The third-order valence-corrected chi connectivity index (χ3v) is 8.14. The Balaban J connectivity index is 1.61. The molecule has 1 amide bonds. The molecule has 7 heteroatoms. The van der Waals surface area contributed by atoms with Crippen LogP contribution in [0.15, 0.2) is 84.7 Å². The number of rotatable bonds is 4. The van der Waals surface area contributed by atoms with Crippen molar-refractivity contribution >= 4 is 11.7 Å². The number of hydrogen-bond donors (Lipinski definition) is 1. The van der Waals surface area contributed by atoms with E-state index >= 15 is 0 Å². The third-order valence-electron chi connectivity index (χ3n) is 8.14. The summed E-state index contributed by atoms with van der Waals surface area (Å²) in [5.41, 5.74) is 10.3. The summed E-state index contributed by atoms with van der Waals surface area (Å²) < 4.78 is 16.5. The molecule has 0 bridgehead atoms. The van der Waals surface area contributed by atoms with Crippen LogP contribution < -0.4 is 5.73 Å². The summed E-state index contributed by atoms with van der Waals surface area (Å²) in [7, 11) is 0. The molecular weight excluding hydrogens is 479 g/mol. The molecule has 6 nitrogen and oxygen atoms in total. The van der Waals surface area contributed by atoms with E-state index in [4.69, 9.17) is 10.7 Å². The standard InChI is InChI=1S/C31H27FN4O2/c1-18-25-9-10-26-28(31(25,2)17-24(27(18)37)29(33)38)35-30(36(26)23-8-4-7-22(32)16-23)21-6-3-5-20(15-21)19-11-13-34-14-12-19/h3-8,11-18,25H,9-10H2,1-2H3,(H2,33,38)/t18-,25-,31-/m1/s1. The third kappa shape index (κ3) is 3.69. The molecule has 0 unspecified atom stereocenters. The van der Waals surface area contributed by atoms with E-state index in [9.17, 15) is 14.0 Å². The Morgan fingerprint density at radius 2 is 1.79 bits per heavy atom. The van der Waals surface area contributed by atoms with Crippen LogP contribution in [0, 0.1) is 17.7 Å². The van der Waals surface area contributed by atoms with Gasteiger partial charge in [0.25, 0.3) is 5.91 Å². The Morgan fingerprint density at radius 3 is 2.53 bits per heavy atom. The molecule has 4 aromatic rings. The van der Waals surface area contributed by atoms with Gasteiger partial charge in [-0.05, 0) is 66.3 Å². The quantitative estimate of drug-likeness (QED) is 0.386. The van der Waals surface area contributed by atoms with Gasteiger partial charge < -0.3 is 5.73 Å². The van der Waals surface area contributed by atoms with Crippen LogP contribution in [-0.2, 0) is 21.4 Å². The predicted octanol–water partition coefficient (Wildman–Crippen LogP) is 5.19. The molecule has 2 aromatic carbocycles. The summed E-state index contributed by atoms with van der Waals surface area (Å²) in [4.78, 5) is 34.5. The van der Waals surface area contributed by atoms with Gasteiger partial charge in [0.05, 0.1) is 17.0 Å². The highest BCUT2D eigenvalue weighted by Gasteiger charge is 2.51. The number of nitrogens with two attached hydrogens (primary N) is 1. The minimum absolute atomic E-state index is 0.0301. The number of Topliss-reactive ketones (excluding diaryl/α,β-unsaturated/α-hetero) is 1. The second-order valence-electron chi connectivity index (χ2n) is 10.4. The molecule has 2 aliphatic carbocycles. The van der Waals surface area contributed by atoms with Crippen LogP contribution in [0.1, 0.15) is 31.7 Å². The summed E-state index contributed by atoms with van der Waals surface area (Å²) in [5.74, 6) is -0.983. The number of imidazole rings is 1. The van der Waals surface area contributed by atoms with E-state index in [2.05, 4.69) is 11.1 Å². The van der Waals surface area contributed by atoms with Crippen molar-refractivity contribution in [1.82, 2.24) is 14.5 Å². The van der Waals surface area contributed by atoms with Crippen LogP contribution in [0.3, 0.4) is 0 Å². The van der Waals surface area contributed by atoms with Gasteiger partial charge in [0.15, 0.2) is 5.78 Å². The van der Waals surface area contributed by atoms with Gasteiger partial charge in [-0.15, -0.1) is 0 Å². The van der Waals surface area contributed by atoms with Gasteiger partial charge in [0.2, 0.25) is 0 Å². The average molecular weight is 507 g/mol. The van der Waals surface area contributed by atoms with E-state index in [-0.39, 0.29) is 29.0 Å². The number of halogens is 1. The molecule has 38 heavy (non-hydrogen) atoms. The fourth-order valence-corrected chi connectivity index (χ4v) is 6.29. The maximum atomic E-state index is 14.5. The Bertz CT molecular complexity index is 1620. The van der Waals surface area contributed by atoms with Crippen molar-refractivity contribution in [3.05, 3.63) is 102 Å². The lowest BCUT2D eigenvalue weighted by atomic mass is 9.58. The number of benzene rings is 2. The summed E-state index contributed by atoms with van der Waals surface area (Å²) in [6.07, 6.45) is 6.63. The van der Waals surface area contributed by atoms with Gasteiger partial charge >= 0.3 is 0 Å². The lowest BCUT2D eigenvalue weighted by Crippen LogP contribution is -2.47. The van der Waals surface area contributed by atoms with E-state index < -0.39 is 11.3 Å². The smallest absolute Gasteiger partial charge is 0.252 e. The van der Waals surface area contributed by atoms with E-state index in [0.29, 0.717) is 17.9 Å². The Kier molecular flexibility index (Phi) is 5.60. The number of fused-ring (bicyclic) bond motifs is 3. The van der Waals surface area contributed by atoms with Gasteiger partial charge in [-0.2, -0.15) is 0 Å². The van der Waals surface area contributed by atoms with Crippen LogP contribution >= 0.6 is 0 Å². The van der Waals surface area contributed by atoms with E-state index in [1.54, 1.807) is 24.5 Å². The molecule has 0 aliphatic heterocycles. The number of amides is 1. The highest BCUT2D eigenvalue weighted by Crippen LogP contribution is 2.50. The largest absolute Gasteiger partial charge is 0.365 e. The maximum absolute atomic E-state index is 14.5. The topological polar surface area (TPSA) is 90.9 Å². The van der Waals surface area contributed by atoms with Crippen LogP contribution in [0.25, 0.3) is 28.2 Å². The zero-order chi connectivity index (χ0) is 26.6. The average Bonchev–Trinajstić information content (AvgIpc) is 3.32. The zero-order valence-electron chi connectivity index (χ0n) is 21.2. The van der Waals surface area contributed by atoms with Gasteiger partial charge in [-0.25, -0.2) is 9.37 Å². The highest BCUT2D eigenvalue weighted by atomic mass is 19.1. The number of aromatic nitrogens is 3. The molecule has 2 aliphatic rings. The number of carbonyl (C=O) groups excluding carboxylic acids is 2. The predicted molar refractivity (Wildman–Crippen MR) is 143 cm³/mol. The SMILES string of the molecule is C[C@H]1C(=O)C(C(N)=O)=C[C@@]2(C)c3nc(-c4cccc(-c5ccncc5)c4)n(-c4cccc(F)c4)c3CC[C@H]12. The molecule has 0 saturated carbocycles. The first-order valence-corrected chi connectivity index (χ1v) is 12.7. The molecule has 190 valence electrons. The van der Waals surface area contributed by atoms with E-state index in [1.807, 2.05) is 54.8 Å². The van der Waals surface area contributed by atoms with Crippen molar-refractivity contribution in [3.63, 3.8) is 0 Å². The van der Waals surface area contributed by atoms with Gasteiger partial charge in [0.1, 0.15) is 11.6 Å². The van der Waals surface area contributed by atoms with Gasteiger partial charge in [-0.1, -0.05) is 44.2 Å². The van der Waals surface area contributed by atoms with Crippen molar-refractivity contribution in [2.75, 3.05) is 0 Å². The molecule has 0 radical (unpaired) electrons. The number of carbonyl (C=O) groups is 2. The highest BCUT2D eigenvalue weighted by molar-refractivity contribution is 6.20. The van der Waals surface area contributed by atoms with Crippen molar-refractivity contribution in [2.45, 2.75) is 32.1 Å². The van der Waals surface area contributed by atoms with E-state index in [0.717, 1.165) is 34.5 Å². The summed E-state index contributed by atoms with van der Waals surface area (Å²) in [6, 6.07) is 18.4.